The lowest BCUT2D eigenvalue weighted by Crippen LogP contribution is -2.59. The van der Waals surface area contributed by atoms with Crippen LogP contribution in [-0.2, 0) is 19.1 Å². The molecular formula is C26H42F3N5O4. The van der Waals surface area contributed by atoms with Crippen LogP contribution in [0.4, 0.5) is 13.2 Å². The predicted octanol–water partition coefficient (Wildman–Crippen LogP) is 2.49. The molecule has 3 amide bonds. The maximum Gasteiger partial charge on any atom is 0.416 e. The number of piperidine rings is 1. The minimum Gasteiger partial charge on any atom is -0.361 e. The number of ether oxygens (including phenoxy) is 1. The molecule has 1 aliphatic carbocycles. The minimum atomic E-state index is -4.66. The van der Waals surface area contributed by atoms with Crippen LogP contribution in [0.5, 0.6) is 0 Å². The molecule has 1 aliphatic heterocycles. The Morgan fingerprint density at radius 3 is 2.34 bits per heavy atom. The second kappa shape index (κ2) is 11.8. The average molecular weight is 546 g/mol. The molecule has 1 heterocycles. The molecule has 0 bridgehead atoms. The van der Waals surface area contributed by atoms with Crippen LogP contribution < -0.4 is 16.4 Å². The molecule has 2 aliphatic rings. The van der Waals surface area contributed by atoms with Crippen molar-refractivity contribution in [2.75, 3.05) is 13.1 Å². The van der Waals surface area contributed by atoms with Crippen molar-refractivity contribution in [3.63, 3.8) is 0 Å². The molecule has 1 saturated heterocycles. The van der Waals surface area contributed by atoms with Gasteiger partial charge in [-0.2, -0.15) is 18.4 Å². The summed E-state index contributed by atoms with van der Waals surface area (Å²) in [7, 11) is 0. The van der Waals surface area contributed by atoms with Crippen LogP contribution in [0.2, 0.25) is 0 Å². The van der Waals surface area contributed by atoms with Gasteiger partial charge in [0.1, 0.15) is 18.1 Å². The van der Waals surface area contributed by atoms with Gasteiger partial charge < -0.3 is 26.0 Å². The number of nitrogens with one attached hydrogen (secondary N) is 2. The third kappa shape index (κ3) is 6.60. The van der Waals surface area contributed by atoms with Gasteiger partial charge in [-0.15, -0.1) is 0 Å². The van der Waals surface area contributed by atoms with Crippen LogP contribution in [0.15, 0.2) is 0 Å². The van der Waals surface area contributed by atoms with E-state index in [1.807, 2.05) is 26.8 Å². The Morgan fingerprint density at radius 2 is 1.84 bits per heavy atom. The number of nitrogens with two attached hydrogens (primary N) is 1. The first-order chi connectivity index (χ1) is 17.4. The van der Waals surface area contributed by atoms with Crippen LogP contribution in [0.3, 0.4) is 0 Å². The summed E-state index contributed by atoms with van der Waals surface area (Å²) in [4.78, 5) is 40.5. The van der Waals surface area contributed by atoms with Gasteiger partial charge in [-0.1, -0.05) is 27.2 Å². The molecule has 2 rings (SSSR count). The first kappa shape index (κ1) is 31.8. The summed E-state index contributed by atoms with van der Waals surface area (Å²) in [6, 6.07) is -1.26. The SMILES string of the molecule is CCC[C@@H](C[C@@H](C#N)NC(=O)[C@@H]1[C@@H]2[C@H](CN1C(=O)[C@@H](N)[C@@H](C)OC(C)(C)C(F)(F)F)C2(C)C)C(=O)NCC. The molecule has 0 aromatic carbocycles. The second-order valence-corrected chi connectivity index (χ2v) is 11.6. The summed E-state index contributed by atoms with van der Waals surface area (Å²) in [5, 5.41) is 15.2. The molecule has 0 spiro atoms. The number of hydrogen-bond acceptors (Lipinski definition) is 6. The van der Waals surface area contributed by atoms with E-state index in [0.717, 1.165) is 20.3 Å². The van der Waals surface area contributed by atoms with Gasteiger partial charge in [0.05, 0.1) is 12.2 Å². The van der Waals surface area contributed by atoms with Crippen LogP contribution >= 0.6 is 0 Å². The first-order valence-corrected chi connectivity index (χ1v) is 13.2. The molecule has 12 heteroatoms. The van der Waals surface area contributed by atoms with Crippen molar-refractivity contribution in [1.82, 2.24) is 15.5 Å². The second-order valence-electron chi connectivity index (χ2n) is 11.6. The van der Waals surface area contributed by atoms with E-state index in [0.29, 0.717) is 13.0 Å². The number of nitrogens with zero attached hydrogens (tertiary/aromatic N) is 2. The molecule has 1 saturated carbocycles. The van der Waals surface area contributed by atoms with Crippen molar-refractivity contribution < 1.29 is 32.3 Å². The van der Waals surface area contributed by atoms with E-state index in [1.165, 1.54) is 11.8 Å². The number of carbonyl (C=O) groups is 3. The van der Waals surface area contributed by atoms with Crippen LogP contribution in [-0.4, -0.2) is 71.7 Å². The number of hydrogen-bond donors (Lipinski definition) is 3. The van der Waals surface area contributed by atoms with Crippen molar-refractivity contribution in [1.29, 1.82) is 5.26 Å². The summed E-state index contributed by atoms with van der Waals surface area (Å²) in [5.74, 6) is -2.04. The molecule has 0 unspecified atom stereocenters. The van der Waals surface area contributed by atoms with Crippen molar-refractivity contribution in [3.05, 3.63) is 0 Å². The van der Waals surface area contributed by atoms with Crippen molar-refractivity contribution >= 4 is 17.7 Å². The largest absolute Gasteiger partial charge is 0.416 e. The van der Waals surface area contributed by atoms with Crippen LogP contribution in [0.25, 0.3) is 0 Å². The number of rotatable bonds is 12. The highest BCUT2D eigenvalue weighted by molar-refractivity contribution is 5.92. The number of likely N-dealkylation sites (tertiary alicyclic amines) is 1. The smallest absolute Gasteiger partial charge is 0.361 e. The average Bonchev–Trinajstić information content (AvgIpc) is 3.15. The Morgan fingerprint density at radius 1 is 1.24 bits per heavy atom. The lowest BCUT2D eigenvalue weighted by Gasteiger charge is -2.36. The molecule has 2 fully saturated rings. The number of amides is 3. The third-order valence-corrected chi connectivity index (χ3v) is 8.07. The Bertz CT molecular complexity index is 933. The molecular weight excluding hydrogens is 503 g/mol. The van der Waals surface area contributed by atoms with Crippen molar-refractivity contribution in [2.45, 2.75) is 104 Å². The highest BCUT2D eigenvalue weighted by atomic mass is 19.4. The summed E-state index contributed by atoms with van der Waals surface area (Å²) in [5.41, 5.74) is 3.31. The van der Waals surface area contributed by atoms with Gasteiger partial charge in [0.2, 0.25) is 17.7 Å². The zero-order valence-electron chi connectivity index (χ0n) is 23.3. The maximum atomic E-state index is 13.5. The number of halogens is 3. The maximum absolute atomic E-state index is 13.5. The van der Waals surface area contributed by atoms with E-state index in [-0.39, 0.29) is 36.1 Å². The Balaban J connectivity index is 2.18. The fourth-order valence-electron chi connectivity index (χ4n) is 5.52. The highest BCUT2D eigenvalue weighted by Crippen LogP contribution is 2.65. The quantitative estimate of drug-likeness (QED) is 0.345. The normalized spacial score (nSPS) is 25.4. The Hall–Kier alpha value is -2.39. The third-order valence-electron chi connectivity index (χ3n) is 8.07. The van der Waals surface area contributed by atoms with Gasteiger partial charge in [-0.25, -0.2) is 0 Å². The molecule has 7 atom stereocenters. The fraction of sp³-hybridized carbons (Fsp3) is 0.846. The number of alkyl halides is 3. The number of fused-ring (bicyclic) bond motifs is 1. The molecule has 0 aromatic heterocycles. The van der Waals surface area contributed by atoms with E-state index >= 15 is 0 Å². The predicted molar refractivity (Wildman–Crippen MR) is 134 cm³/mol. The van der Waals surface area contributed by atoms with Crippen molar-refractivity contribution in [3.8, 4) is 6.07 Å². The number of nitriles is 1. The van der Waals surface area contributed by atoms with Gasteiger partial charge in [0, 0.05) is 19.0 Å². The van der Waals surface area contributed by atoms with E-state index < -0.39 is 53.7 Å². The lowest BCUT2D eigenvalue weighted by molar-refractivity contribution is -0.276. The van der Waals surface area contributed by atoms with Crippen LogP contribution in [0.1, 0.15) is 67.7 Å². The molecule has 38 heavy (non-hydrogen) atoms. The monoisotopic (exact) mass is 545 g/mol. The number of carbonyl (C=O) groups excluding carboxylic acids is 3. The van der Waals surface area contributed by atoms with Crippen molar-refractivity contribution in [2.24, 2.45) is 28.9 Å². The molecule has 0 aromatic rings. The van der Waals surface area contributed by atoms with Gasteiger partial charge in [0.15, 0.2) is 5.60 Å². The van der Waals surface area contributed by atoms with Gasteiger partial charge in [0.25, 0.3) is 0 Å². The topological polar surface area (TPSA) is 138 Å². The first-order valence-electron chi connectivity index (χ1n) is 13.2. The summed E-state index contributed by atoms with van der Waals surface area (Å²) < 4.78 is 45.0. The van der Waals surface area contributed by atoms with Gasteiger partial charge in [-0.05, 0) is 57.8 Å². The van der Waals surface area contributed by atoms with Gasteiger partial charge >= 0.3 is 6.18 Å². The molecule has 0 radical (unpaired) electrons. The standard InChI is InChI=1S/C26H42F3N5O4/c1-8-10-15(21(35)32-9-2)11-16(12-30)33-22(36)20-18-17(24(18,4)5)13-34(20)23(37)19(31)14(3)38-25(6,7)26(27,28)29/h14-20H,8-11,13,31H2,1-7H3,(H,32,35)(H,33,36)/t14-,15+,16+,17+,18+,19+,20+/m1/s1. The summed E-state index contributed by atoms with van der Waals surface area (Å²) >= 11 is 0. The summed E-state index contributed by atoms with van der Waals surface area (Å²) in [6.07, 6.45) is -4.54. The zero-order chi connectivity index (χ0) is 29.2. The van der Waals surface area contributed by atoms with Gasteiger partial charge in [-0.3, -0.25) is 14.4 Å². The minimum absolute atomic E-state index is 0.0148. The molecule has 216 valence electrons. The molecule has 9 nitrogen and oxygen atoms in total. The van der Waals surface area contributed by atoms with E-state index in [9.17, 15) is 32.8 Å². The van der Waals surface area contributed by atoms with E-state index in [1.54, 1.807) is 6.92 Å². The molecule has 4 N–H and O–H groups in total. The fourth-order valence-corrected chi connectivity index (χ4v) is 5.52. The Kier molecular flexibility index (Phi) is 9.87. The Labute approximate surface area is 223 Å². The highest BCUT2D eigenvalue weighted by Gasteiger charge is 2.69. The van der Waals surface area contributed by atoms with E-state index in [2.05, 4.69) is 10.6 Å². The van der Waals surface area contributed by atoms with E-state index in [4.69, 9.17) is 10.5 Å². The summed E-state index contributed by atoms with van der Waals surface area (Å²) in [6.45, 7) is 11.4. The zero-order valence-corrected chi connectivity index (χ0v) is 23.3. The van der Waals surface area contributed by atoms with Crippen LogP contribution in [0, 0.1) is 34.5 Å². The lowest BCUT2D eigenvalue weighted by atomic mass is 9.94.